The standard InChI is InChI=1S/C12H15NO2S/c1-2-3-7-10-16(14,15)13-11-12-8-5-4-6-9-12/h1,4-6,8-9,13H,3,7,10-11H2. The maximum Gasteiger partial charge on any atom is 0.211 e. The van der Waals surface area contributed by atoms with E-state index < -0.39 is 10.0 Å². The van der Waals surface area contributed by atoms with Crippen LogP contribution in [0.3, 0.4) is 0 Å². The predicted octanol–water partition coefficient (Wildman–Crippen LogP) is 1.52. The second kappa shape index (κ2) is 6.31. The van der Waals surface area contributed by atoms with Crippen molar-refractivity contribution >= 4 is 10.0 Å². The fourth-order valence-electron chi connectivity index (χ4n) is 1.23. The van der Waals surface area contributed by atoms with Crippen molar-refractivity contribution in [1.82, 2.24) is 4.72 Å². The first-order valence-electron chi connectivity index (χ1n) is 5.09. The molecule has 0 saturated carbocycles. The van der Waals surface area contributed by atoms with Crippen molar-refractivity contribution in [2.24, 2.45) is 0 Å². The maximum atomic E-state index is 11.5. The number of unbranched alkanes of at least 4 members (excludes halogenated alkanes) is 1. The Labute approximate surface area is 96.9 Å². The van der Waals surface area contributed by atoms with E-state index >= 15 is 0 Å². The molecule has 4 heteroatoms. The van der Waals surface area contributed by atoms with Gasteiger partial charge < -0.3 is 0 Å². The van der Waals surface area contributed by atoms with Gasteiger partial charge in [-0.25, -0.2) is 13.1 Å². The molecule has 0 spiro atoms. The summed E-state index contributed by atoms with van der Waals surface area (Å²) in [6.45, 7) is 0.333. The number of hydrogen-bond donors (Lipinski definition) is 1. The molecule has 0 aliphatic rings. The van der Waals surface area contributed by atoms with Crippen molar-refractivity contribution < 1.29 is 8.42 Å². The molecule has 0 aliphatic heterocycles. The number of terminal acetylenes is 1. The molecule has 0 heterocycles. The van der Waals surface area contributed by atoms with Crippen molar-refractivity contribution in [3.05, 3.63) is 35.9 Å². The molecule has 1 rings (SSSR count). The Kier molecular flexibility index (Phi) is 5.03. The van der Waals surface area contributed by atoms with Crippen molar-refractivity contribution in [2.75, 3.05) is 5.75 Å². The van der Waals surface area contributed by atoms with Crippen LogP contribution in [-0.2, 0) is 16.6 Å². The molecule has 3 nitrogen and oxygen atoms in total. The lowest BCUT2D eigenvalue weighted by atomic mass is 10.2. The lowest BCUT2D eigenvalue weighted by Crippen LogP contribution is -2.25. The molecule has 1 aromatic carbocycles. The Hall–Kier alpha value is -1.31. The monoisotopic (exact) mass is 237 g/mol. The first kappa shape index (κ1) is 12.8. The molecule has 0 aromatic heterocycles. The van der Waals surface area contributed by atoms with E-state index in [0.29, 0.717) is 19.4 Å². The van der Waals surface area contributed by atoms with Gasteiger partial charge in [0, 0.05) is 13.0 Å². The van der Waals surface area contributed by atoms with Crippen LogP contribution in [-0.4, -0.2) is 14.2 Å². The molecule has 1 N–H and O–H groups in total. The van der Waals surface area contributed by atoms with Crippen molar-refractivity contribution in [1.29, 1.82) is 0 Å². The minimum absolute atomic E-state index is 0.0873. The van der Waals surface area contributed by atoms with Gasteiger partial charge in [-0.05, 0) is 12.0 Å². The quantitative estimate of drug-likeness (QED) is 0.602. The van der Waals surface area contributed by atoms with Crippen LogP contribution in [0.25, 0.3) is 0 Å². The second-order valence-corrected chi connectivity index (χ2v) is 5.36. The van der Waals surface area contributed by atoms with E-state index in [1.807, 2.05) is 30.3 Å². The summed E-state index contributed by atoms with van der Waals surface area (Å²) in [7, 11) is -3.20. The van der Waals surface area contributed by atoms with Gasteiger partial charge >= 0.3 is 0 Å². The summed E-state index contributed by atoms with van der Waals surface area (Å²) in [6, 6.07) is 9.41. The average molecular weight is 237 g/mol. The molecule has 0 unspecified atom stereocenters. The fraction of sp³-hybridized carbons (Fsp3) is 0.333. The van der Waals surface area contributed by atoms with Crippen molar-refractivity contribution in [2.45, 2.75) is 19.4 Å². The van der Waals surface area contributed by atoms with Crippen LogP contribution in [0.2, 0.25) is 0 Å². The van der Waals surface area contributed by atoms with Gasteiger partial charge in [-0.1, -0.05) is 30.3 Å². The van der Waals surface area contributed by atoms with Crippen LogP contribution in [0, 0.1) is 12.3 Å². The average Bonchev–Trinajstić information content (AvgIpc) is 2.28. The Balaban J connectivity index is 2.40. The van der Waals surface area contributed by atoms with E-state index in [9.17, 15) is 8.42 Å². The van der Waals surface area contributed by atoms with Crippen LogP contribution >= 0.6 is 0 Å². The highest BCUT2D eigenvalue weighted by Gasteiger charge is 2.08. The van der Waals surface area contributed by atoms with Gasteiger partial charge in [-0.15, -0.1) is 12.3 Å². The molecular weight excluding hydrogens is 222 g/mol. The topological polar surface area (TPSA) is 46.2 Å². The minimum atomic E-state index is -3.20. The number of nitrogens with one attached hydrogen (secondary N) is 1. The summed E-state index contributed by atoms with van der Waals surface area (Å²) in [6.07, 6.45) is 6.05. The Morgan fingerprint density at radius 3 is 2.56 bits per heavy atom. The number of sulfonamides is 1. The SMILES string of the molecule is C#CCCCS(=O)(=O)NCc1ccccc1. The zero-order valence-electron chi connectivity index (χ0n) is 9.02. The third-order valence-electron chi connectivity index (χ3n) is 2.07. The molecule has 0 fully saturated rings. The van der Waals surface area contributed by atoms with Crippen molar-refractivity contribution in [3.63, 3.8) is 0 Å². The summed E-state index contributed by atoms with van der Waals surface area (Å²) in [4.78, 5) is 0. The van der Waals surface area contributed by atoms with E-state index in [-0.39, 0.29) is 5.75 Å². The summed E-state index contributed by atoms with van der Waals surface area (Å²) in [5.41, 5.74) is 0.947. The highest BCUT2D eigenvalue weighted by Crippen LogP contribution is 2.00. The molecule has 0 radical (unpaired) electrons. The second-order valence-electron chi connectivity index (χ2n) is 3.43. The summed E-state index contributed by atoms with van der Waals surface area (Å²) in [5.74, 6) is 2.51. The molecule has 0 atom stereocenters. The van der Waals surface area contributed by atoms with Gasteiger partial charge in [0.05, 0.1) is 5.75 Å². The van der Waals surface area contributed by atoms with Crippen LogP contribution < -0.4 is 4.72 Å². The molecule has 0 aliphatic carbocycles. The van der Waals surface area contributed by atoms with E-state index in [4.69, 9.17) is 6.42 Å². The van der Waals surface area contributed by atoms with Crippen LogP contribution in [0.15, 0.2) is 30.3 Å². The lowest BCUT2D eigenvalue weighted by molar-refractivity contribution is 0.579. The minimum Gasteiger partial charge on any atom is -0.212 e. The Morgan fingerprint density at radius 2 is 1.94 bits per heavy atom. The molecule has 0 bridgehead atoms. The normalized spacial score (nSPS) is 10.9. The van der Waals surface area contributed by atoms with Crippen LogP contribution in [0.5, 0.6) is 0 Å². The van der Waals surface area contributed by atoms with E-state index in [2.05, 4.69) is 10.6 Å². The van der Waals surface area contributed by atoms with E-state index in [1.165, 1.54) is 0 Å². The Morgan fingerprint density at radius 1 is 1.25 bits per heavy atom. The Bertz CT molecular complexity index is 446. The van der Waals surface area contributed by atoms with Gasteiger partial charge in [-0.3, -0.25) is 0 Å². The van der Waals surface area contributed by atoms with Gasteiger partial charge in [0.2, 0.25) is 10.0 Å². The third-order valence-corrected chi connectivity index (χ3v) is 3.48. The first-order valence-corrected chi connectivity index (χ1v) is 6.74. The number of hydrogen-bond acceptors (Lipinski definition) is 2. The van der Waals surface area contributed by atoms with Crippen LogP contribution in [0.4, 0.5) is 0 Å². The zero-order chi connectivity index (χ0) is 11.9. The van der Waals surface area contributed by atoms with E-state index in [1.54, 1.807) is 0 Å². The highest BCUT2D eigenvalue weighted by molar-refractivity contribution is 7.89. The zero-order valence-corrected chi connectivity index (χ0v) is 9.83. The van der Waals surface area contributed by atoms with E-state index in [0.717, 1.165) is 5.56 Å². The largest absolute Gasteiger partial charge is 0.212 e. The van der Waals surface area contributed by atoms with Crippen LogP contribution in [0.1, 0.15) is 18.4 Å². The van der Waals surface area contributed by atoms with Gasteiger partial charge in [0.15, 0.2) is 0 Å². The van der Waals surface area contributed by atoms with Gasteiger partial charge in [0.1, 0.15) is 0 Å². The fourth-order valence-corrected chi connectivity index (χ4v) is 2.28. The predicted molar refractivity (Wildman–Crippen MR) is 65.1 cm³/mol. The summed E-state index contributed by atoms with van der Waals surface area (Å²) in [5, 5.41) is 0. The number of rotatable bonds is 6. The maximum absolute atomic E-state index is 11.5. The summed E-state index contributed by atoms with van der Waals surface area (Å²) < 4.78 is 25.5. The van der Waals surface area contributed by atoms with Gasteiger partial charge in [0.25, 0.3) is 0 Å². The molecule has 86 valence electrons. The molecule has 1 aromatic rings. The van der Waals surface area contributed by atoms with Crippen molar-refractivity contribution in [3.8, 4) is 12.3 Å². The number of benzene rings is 1. The summed E-state index contributed by atoms with van der Waals surface area (Å²) >= 11 is 0. The smallest absolute Gasteiger partial charge is 0.211 e. The lowest BCUT2D eigenvalue weighted by Gasteiger charge is -2.05. The van der Waals surface area contributed by atoms with Gasteiger partial charge in [-0.2, -0.15) is 0 Å². The third kappa shape index (κ3) is 4.96. The molecular formula is C12H15NO2S. The molecule has 16 heavy (non-hydrogen) atoms. The highest BCUT2D eigenvalue weighted by atomic mass is 32.2. The molecule has 0 saturated heterocycles. The molecule has 0 amide bonds. The first-order chi connectivity index (χ1) is 7.64.